The van der Waals surface area contributed by atoms with Crippen molar-refractivity contribution in [3.05, 3.63) is 59.4 Å². The van der Waals surface area contributed by atoms with E-state index in [2.05, 4.69) is 5.32 Å². The largest absolute Gasteiger partial charge is 0.506 e. The fourth-order valence-corrected chi connectivity index (χ4v) is 2.53. The van der Waals surface area contributed by atoms with E-state index in [1.807, 2.05) is 20.8 Å². The minimum atomic E-state index is -1.18. The van der Waals surface area contributed by atoms with Crippen LogP contribution < -0.4 is 5.32 Å². The summed E-state index contributed by atoms with van der Waals surface area (Å²) in [5, 5.41) is 21.9. The summed E-state index contributed by atoms with van der Waals surface area (Å²) < 4.78 is 13.0. The Hall–Kier alpha value is -2.89. The van der Waals surface area contributed by atoms with Crippen molar-refractivity contribution >= 4 is 17.6 Å². The molecule has 0 spiro atoms. The maximum Gasteiger partial charge on any atom is 0.311 e. The fourth-order valence-electron chi connectivity index (χ4n) is 2.53. The third kappa shape index (κ3) is 4.81. The van der Waals surface area contributed by atoms with Gasteiger partial charge in [0, 0.05) is 6.42 Å². The number of phenolic OH excluding ortho intramolecular Hbond substituents is 1. The highest BCUT2D eigenvalue weighted by molar-refractivity contribution is 5.95. The predicted octanol–water partition coefficient (Wildman–Crippen LogP) is 4.03. The molecule has 2 rings (SSSR count). The molecule has 0 bridgehead atoms. The Morgan fingerprint density at radius 1 is 1.12 bits per heavy atom. The minimum Gasteiger partial charge on any atom is -0.506 e. The first kappa shape index (κ1) is 19.4. The molecule has 0 aliphatic carbocycles. The smallest absolute Gasteiger partial charge is 0.311 e. The number of carboxylic acid groups (broad SMARTS) is 1. The lowest BCUT2D eigenvalue weighted by Crippen LogP contribution is -2.21. The molecule has 2 aromatic carbocycles. The summed E-state index contributed by atoms with van der Waals surface area (Å²) in [5.41, 5.74) is 1.30. The Kier molecular flexibility index (Phi) is 5.65. The average Bonchev–Trinajstić information content (AvgIpc) is 2.54. The van der Waals surface area contributed by atoms with E-state index in [0.717, 1.165) is 17.7 Å². The molecule has 0 saturated carbocycles. The second kappa shape index (κ2) is 7.56. The van der Waals surface area contributed by atoms with E-state index in [-0.39, 0.29) is 23.3 Å². The van der Waals surface area contributed by atoms with E-state index < -0.39 is 23.6 Å². The first-order valence-corrected chi connectivity index (χ1v) is 8.19. The second-order valence-electron chi connectivity index (χ2n) is 7.18. The summed E-state index contributed by atoms with van der Waals surface area (Å²) in [6.45, 7) is 6.00. The second-order valence-corrected chi connectivity index (χ2v) is 7.18. The number of halogens is 1. The van der Waals surface area contributed by atoms with Crippen molar-refractivity contribution in [1.29, 1.82) is 0 Å². The van der Waals surface area contributed by atoms with E-state index in [1.165, 1.54) is 18.2 Å². The quantitative estimate of drug-likeness (QED) is 0.704. The van der Waals surface area contributed by atoms with Gasteiger partial charge in [-0.05, 0) is 40.8 Å². The molecule has 3 N–H and O–H groups in total. The number of amides is 1. The summed E-state index contributed by atoms with van der Waals surface area (Å²) in [7, 11) is 0. The Morgan fingerprint density at radius 2 is 1.73 bits per heavy atom. The number of anilines is 1. The number of phenols is 1. The fraction of sp³-hybridized carbons (Fsp3) is 0.300. The standard InChI is InChI=1S/C20H22FNO4/c1-20(2,3)13-6-9-17(23)16(10-13)22-18(24)11-15(19(25)26)12-4-7-14(21)8-5-12/h4-10,15,23H,11H2,1-3H3,(H,22,24)(H,25,26)/t15-/m0/s1. The number of hydrogen-bond acceptors (Lipinski definition) is 3. The summed E-state index contributed by atoms with van der Waals surface area (Å²) in [4.78, 5) is 23.8. The van der Waals surface area contributed by atoms with Gasteiger partial charge >= 0.3 is 5.97 Å². The summed E-state index contributed by atoms with van der Waals surface area (Å²) >= 11 is 0. The number of nitrogens with one attached hydrogen (secondary N) is 1. The lowest BCUT2D eigenvalue weighted by atomic mass is 9.87. The van der Waals surface area contributed by atoms with Gasteiger partial charge in [-0.1, -0.05) is 39.0 Å². The Labute approximate surface area is 151 Å². The molecule has 0 fully saturated rings. The molecule has 1 amide bonds. The van der Waals surface area contributed by atoms with Crippen molar-refractivity contribution in [3.8, 4) is 5.75 Å². The number of rotatable bonds is 5. The molecule has 5 nitrogen and oxygen atoms in total. The zero-order chi connectivity index (χ0) is 19.5. The van der Waals surface area contributed by atoms with Gasteiger partial charge in [-0.2, -0.15) is 0 Å². The summed E-state index contributed by atoms with van der Waals surface area (Å²) in [6.07, 6.45) is -0.333. The van der Waals surface area contributed by atoms with Gasteiger partial charge in [-0.3, -0.25) is 9.59 Å². The van der Waals surface area contributed by atoms with Crippen molar-refractivity contribution in [3.63, 3.8) is 0 Å². The van der Waals surface area contributed by atoms with E-state index in [9.17, 15) is 24.2 Å². The lowest BCUT2D eigenvalue weighted by molar-refractivity contribution is -0.140. The Bertz CT molecular complexity index is 810. The predicted molar refractivity (Wildman–Crippen MR) is 96.8 cm³/mol. The minimum absolute atomic E-state index is 0.0972. The van der Waals surface area contributed by atoms with Gasteiger partial charge in [0.15, 0.2) is 0 Å². The molecular weight excluding hydrogens is 337 g/mol. The molecule has 0 unspecified atom stereocenters. The van der Waals surface area contributed by atoms with Crippen molar-refractivity contribution in [2.24, 2.45) is 0 Å². The number of hydrogen-bond donors (Lipinski definition) is 3. The number of aromatic hydroxyl groups is 1. The molecule has 0 aromatic heterocycles. The van der Waals surface area contributed by atoms with Gasteiger partial charge in [0.05, 0.1) is 11.6 Å². The van der Waals surface area contributed by atoms with E-state index >= 15 is 0 Å². The van der Waals surface area contributed by atoms with E-state index in [4.69, 9.17) is 0 Å². The molecule has 2 aromatic rings. The topological polar surface area (TPSA) is 86.6 Å². The molecule has 0 heterocycles. The molecule has 6 heteroatoms. The number of carboxylic acids is 1. The number of carbonyl (C=O) groups excluding carboxylic acids is 1. The van der Waals surface area contributed by atoms with Crippen LogP contribution in [0.15, 0.2) is 42.5 Å². The zero-order valence-electron chi connectivity index (χ0n) is 14.9. The van der Waals surface area contributed by atoms with Crippen molar-refractivity contribution in [1.82, 2.24) is 0 Å². The molecule has 26 heavy (non-hydrogen) atoms. The molecule has 138 valence electrons. The van der Waals surface area contributed by atoms with Gasteiger partial charge in [-0.25, -0.2) is 4.39 Å². The van der Waals surface area contributed by atoms with Gasteiger partial charge in [0.1, 0.15) is 11.6 Å². The van der Waals surface area contributed by atoms with E-state index in [1.54, 1.807) is 12.1 Å². The molecule has 0 aliphatic rings. The lowest BCUT2D eigenvalue weighted by Gasteiger charge is -2.20. The van der Waals surface area contributed by atoms with Gasteiger partial charge < -0.3 is 15.5 Å². The van der Waals surface area contributed by atoms with Crippen LogP contribution >= 0.6 is 0 Å². The van der Waals surface area contributed by atoms with Crippen LogP contribution in [0.3, 0.4) is 0 Å². The van der Waals surface area contributed by atoms with Crippen LogP contribution in [0.25, 0.3) is 0 Å². The van der Waals surface area contributed by atoms with Crippen molar-refractivity contribution in [2.75, 3.05) is 5.32 Å². The highest BCUT2D eigenvalue weighted by Crippen LogP contribution is 2.31. The SMILES string of the molecule is CC(C)(C)c1ccc(O)c(NC(=O)C[C@H](C(=O)O)c2ccc(F)cc2)c1. The van der Waals surface area contributed by atoms with Crippen LogP contribution in [0.5, 0.6) is 5.75 Å². The summed E-state index contributed by atoms with van der Waals surface area (Å²) in [5.74, 6) is -3.42. The highest BCUT2D eigenvalue weighted by atomic mass is 19.1. The van der Waals surface area contributed by atoms with Crippen LogP contribution in [-0.2, 0) is 15.0 Å². The van der Waals surface area contributed by atoms with Crippen molar-refractivity contribution < 1.29 is 24.2 Å². The first-order chi connectivity index (χ1) is 12.1. The monoisotopic (exact) mass is 359 g/mol. The maximum absolute atomic E-state index is 13.0. The van der Waals surface area contributed by atoms with Crippen LogP contribution in [0, 0.1) is 5.82 Å². The maximum atomic E-state index is 13.0. The number of carbonyl (C=O) groups is 2. The molecule has 0 aliphatic heterocycles. The third-order valence-electron chi connectivity index (χ3n) is 4.10. The van der Waals surface area contributed by atoms with Crippen LogP contribution in [-0.4, -0.2) is 22.1 Å². The van der Waals surface area contributed by atoms with Gasteiger partial charge in [0.25, 0.3) is 0 Å². The van der Waals surface area contributed by atoms with Gasteiger partial charge in [-0.15, -0.1) is 0 Å². The summed E-state index contributed by atoms with van der Waals surface area (Å²) in [6, 6.07) is 9.93. The van der Waals surface area contributed by atoms with Gasteiger partial charge in [0.2, 0.25) is 5.91 Å². The molecule has 1 atom stereocenters. The average molecular weight is 359 g/mol. The van der Waals surface area contributed by atoms with Crippen molar-refractivity contribution in [2.45, 2.75) is 38.5 Å². The third-order valence-corrected chi connectivity index (χ3v) is 4.10. The number of aliphatic carboxylic acids is 1. The van der Waals surface area contributed by atoms with Crippen LogP contribution in [0.2, 0.25) is 0 Å². The Morgan fingerprint density at radius 3 is 2.27 bits per heavy atom. The Balaban J connectivity index is 2.18. The molecule has 0 saturated heterocycles. The highest BCUT2D eigenvalue weighted by Gasteiger charge is 2.24. The zero-order valence-corrected chi connectivity index (χ0v) is 14.9. The van der Waals surface area contributed by atoms with Crippen LogP contribution in [0.4, 0.5) is 10.1 Å². The number of benzene rings is 2. The van der Waals surface area contributed by atoms with Crippen LogP contribution in [0.1, 0.15) is 44.2 Å². The molecule has 0 radical (unpaired) electrons. The van der Waals surface area contributed by atoms with E-state index in [0.29, 0.717) is 5.56 Å². The molecular formula is C20H22FNO4. The normalized spacial score (nSPS) is 12.5. The first-order valence-electron chi connectivity index (χ1n) is 8.19.